The smallest absolute Gasteiger partial charge is 0.00385 e. The van der Waals surface area contributed by atoms with Crippen LogP contribution in [0.1, 0.15) is 46.0 Å². The minimum Gasteiger partial charge on any atom is -0.317 e. The molecule has 0 aromatic heterocycles. The van der Waals surface area contributed by atoms with E-state index in [1.807, 2.05) is 0 Å². The summed E-state index contributed by atoms with van der Waals surface area (Å²) in [6.07, 6.45) is 7.06. The molecule has 0 spiro atoms. The van der Waals surface area contributed by atoms with Gasteiger partial charge >= 0.3 is 0 Å². The molecule has 0 atom stereocenters. The molecule has 2 fully saturated rings. The molecule has 0 aromatic carbocycles. The van der Waals surface area contributed by atoms with Gasteiger partial charge < -0.3 is 10.2 Å². The van der Waals surface area contributed by atoms with Gasteiger partial charge in [-0.25, -0.2) is 0 Å². The molecule has 2 rings (SSSR count). The van der Waals surface area contributed by atoms with Gasteiger partial charge in [0.1, 0.15) is 0 Å². The minimum absolute atomic E-state index is 0.769. The van der Waals surface area contributed by atoms with Gasteiger partial charge in [0.15, 0.2) is 0 Å². The standard InChI is InChI=1S/C8H17N.C4H9N/c1-8(2)9-6-4-3-5-7-9;1-2-4-5-3-1/h8H,3-7H2,1-2H3;5H,1-4H2. The van der Waals surface area contributed by atoms with Crippen LogP contribution in [-0.2, 0) is 0 Å². The van der Waals surface area contributed by atoms with Crippen LogP contribution in [0, 0.1) is 0 Å². The second-order valence-electron chi connectivity index (χ2n) is 4.65. The predicted octanol–water partition coefficient (Wildman–Crippen LogP) is 2.25. The molecule has 2 heterocycles. The van der Waals surface area contributed by atoms with E-state index < -0.39 is 0 Å². The van der Waals surface area contributed by atoms with E-state index >= 15 is 0 Å². The summed E-state index contributed by atoms with van der Waals surface area (Å²) in [5.41, 5.74) is 0. The maximum atomic E-state index is 3.22. The Morgan fingerprint density at radius 3 is 1.71 bits per heavy atom. The lowest BCUT2D eigenvalue weighted by molar-refractivity contribution is 0.185. The summed E-state index contributed by atoms with van der Waals surface area (Å²) in [4.78, 5) is 2.56. The highest BCUT2D eigenvalue weighted by atomic mass is 15.1. The van der Waals surface area contributed by atoms with Crippen LogP contribution >= 0.6 is 0 Å². The van der Waals surface area contributed by atoms with E-state index in [1.165, 1.54) is 58.3 Å². The molecule has 2 aliphatic heterocycles. The molecule has 0 bridgehead atoms. The zero-order chi connectivity index (χ0) is 10.2. The van der Waals surface area contributed by atoms with Crippen LogP contribution < -0.4 is 5.32 Å². The monoisotopic (exact) mass is 198 g/mol. The van der Waals surface area contributed by atoms with Gasteiger partial charge in [0.25, 0.3) is 0 Å². The van der Waals surface area contributed by atoms with Gasteiger partial charge in [0.05, 0.1) is 0 Å². The lowest BCUT2D eigenvalue weighted by Crippen LogP contribution is -2.35. The molecule has 0 amide bonds. The Bertz CT molecular complexity index is 117. The summed E-state index contributed by atoms with van der Waals surface area (Å²) in [7, 11) is 0. The van der Waals surface area contributed by atoms with E-state index in [0.717, 1.165) is 6.04 Å². The van der Waals surface area contributed by atoms with Crippen molar-refractivity contribution >= 4 is 0 Å². The highest BCUT2D eigenvalue weighted by Gasteiger charge is 2.11. The van der Waals surface area contributed by atoms with Gasteiger partial charge in [-0.1, -0.05) is 6.42 Å². The Morgan fingerprint density at radius 2 is 1.43 bits per heavy atom. The molecule has 2 nitrogen and oxygen atoms in total. The molecule has 2 heteroatoms. The first-order valence-corrected chi connectivity index (χ1v) is 6.25. The van der Waals surface area contributed by atoms with Crippen molar-refractivity contribution in [1.82, 2.24) is 10.2 Å². The summed E-state index contributed by atoms with van der Waals surface area (Å²) < 4.78 is 0. The van der Waals surface area contributed by atoms with Gasteiger partial charge in [-0.3, -0.25) is 0 Å². The Kier molecular flexibility index (Phi) is 6.20. The summed E-state index contributed by atoms with van der Waals surface area (Å²) in [5, 5.41) is 3.22. The van der Waals surface area contributed by atoms with Crippen molar-refractivity contribution < 1.29 is 0 Å². The normalized spacial score (nSPS) is 23.4. The average Bonchev–Trinajstić information content (AvgIpc) is 2.77. The highest BCUT2D eigenvalue weighted by molar-refractivity contribution is 4.67. The Labute approximate surface area is 89.1 Å². The number of nitrogens with zero attached hydrogens (tertiary/aromatic N) is 1. The lowest BCUT2D eigenvalue weighted by atomic mass is 10.1. The van der Waals surface area contributed by atoms with Crippen molar-refractivity contribution in [3.8, 4) is 0 Å². The number of hydrogen-bond donors (Lipinski definition) is 1. The topological polar surface area (TPSA) is 15.3 Å². The van der Waals surface area contributed by atoms with Crippen molar-refractivity contribution in [1.29, 1.82) is 0 Å². The minimum atomic E-state index is 0.769. The SMILES string of the molecule is C1CCNC1.CC(C)N1CCCCC1. The molecule has 84 valence electrons. The van der Waals surface area contributed by atoms with Crippen LogP contribution in [0.3, 0.4) is 0 Å². The molecule has 2 aliphatic rings. The number of nitrogens with one attached hydrogen (secondary N) is 1. The molecule has 0 aliphatic carbocycles. The molecule has 14 heavy (non-hydrogen) atoms. The fraction of sp³-hybridized carbons (Fsp3) is 1.00. The zero-order valence-electron chi connectivity index (χ0n) is 9.89. The van der Waals surface area contributed by atoms with E-state index in [9.17, 15) is 0 Å². The van der Waals surface area contributed by atoms with Crippen LogP contribution in [0.2, 0.25) is 0 Å². The summed E-state index contributed by atoms with van der Waals surface area (Å²) in [6.45, 7) is 9.73. The molecule has 0 saturated carbocycles. The second-order valence-corrected chi connectivity index (χ2v) is 4.65. The first-order valence-electron chi connectivity index (χ1n) is 6.25. The second kappa shape index (κ2) is 7.24. The number of rotatable bonds is 1. The maximum absolute atomic E-state index is 3.22. The van der Waals surface area contributed by atoms with Crippen molar-refractivity contribution in [2.75, 3.05) is 26.2 Å². The predicted molar refractivity (Wildman–Crippen MR) is 62.7 cm³/mol. The quantitative estimate of drug-likeness (QED) is 0.695. The van der Waals surface area contributed by atoms with Crippen LogP contribution in [0.5, 0.6) is 0 Å². The van der Waals surface area contributed by atoms with Gasteiger partial charge in [-0.15, -0.1) is 0 Å². The van der Waals surface area contributed by atoms with E-state index in [-0.39, 0.29) is 0 Å². The van der Waals surface area contributed by atoms with Gasteiger partial charge in [-0.05, 0) is 65.7 Å². The van der Waals surface area contributed by atoms with E-state index in [0.29, 0.717) is 0 Å². The summed E-state index contributed by atoms with van der Waals surface area (Å²) in [6, 6.07) is 0.769. The third-order valence-corrected chi connectivity index (χ3v) is 3.08. The number of piperidine rings is 1. The van der Waals surface area contributed by atoms with E-state index in [1.54, 1.807) is 0 Å². The number of hydrogen-bond acceptors (Lipinski definition) is 2. The third kappa shape index (κ3) is 4.97. The molecular formula is C12H26N2. The third-order valence-electron chi connectivity index (χ3n) is 3.08. The molecule has 0 unspecified atom stereocenters. The summed E-state index contributed by atoms with van der Waals surface area (Å²) >= 11 is 0. The van der Waals surface area contributed by atoms with Gasteiger partial charge in [0.2, 0.25) is 0 Å². The first-order chi connectivity index (χ1) is 6.80. The zero-order valence-corrected chi connectivity index (χ0v) is 9.89. The van der Waals surface area contributed by atoms with Crippen molar-refractivity contribution in [3.05, 3.63) is 0 Å². The van der Waals surface area contributed by atoms with Crippen LogP contribution in [0.25, 0.3) is 0 Å². The Balaban J connectivity index is 0.000000165. The number of likely N-dealkylation sites (tertiary alicyclic amines) is 1. The Hall–Kier alpha value is -0.0800. The van der Waals surface area contributed by atoms with Crippen molar-refractivity contribution in [2.45, 2.75) is 52.0 Å². The van der Waals surface area contributed by atoms with Crippen LogP contribution in [0.4, 0.5) is 0 Å². The Morgan fingerprint density at radius 1 is 0.857 bits per heavy atom. The molecule has 0 radical (unpaired) electrons. The maximum Gasteiger partial charge on any atom is 0.00385 e. The summed E-state index contributed by atoms with van der Waals surface area (Å²) in [5.74, 6) is 0. The average molecular weight is 198 g/mol. The highest BCUT2D eigenvalue weighted by Crippen LogP contribution is 2.10. The lowest BCUT2D eigenvalue weighted by Gasteiger charge is -2.29. The van der Waals surface area contributed by atoms with Gasteiger partial charge in [0, 0.05) is 6.04 Å². The van der Waals surface area contributed by atoms with E-state index in [2.05, 4.69) is 24.1 Å². The van der Waals surface area contributed by atoms with Crippen molar-refractivity contribution in [2.24, 2.45) is 0 Å². The van der Waals surface area contributed by atoms with Crippen molar-refractivity contribution in [3.63, 3.8) is 0 Å². The first kappa shape index (κ1) is 12.0. The fourth-order valence-corrected chi connectivity index (χ4v) is 2.06. The molecule has 0 aromatic rings. The van der Waals surface area contributed by atoms with Crippen LogP contribution in [-0.4, -0.2) is 37.1 Å². The van der Waals surface area contributed by atoms with Gasteiger partial charge in [-0.2, -0.15) is 0 Å². The molecular weight excluding hydrogens is 172 g/mol. The van der Waals surface area contributed by atoms with E-state index in [4.69, 9.17) is 0 Å². The van der Waals surface area contributed by atoms with Crippen LogP contribution in [0.15, 0.2) is 0 Å². The largest absolute Gasteiger partial charge is 0.317 e. The fourth-order valence-electron chi connectivity index (χ4n) is 2.06. The molecule has 2 saturated heterocycles. The molecule has 1 N–H and O–H groups in total.